The minimum Gasteiger partial charge on any atom is -0.347 e. The first-order chi connectivity index (χ1) is 14.3. The molecule has 0 fully saturated rings. The zero-order valence-corrected chi connectivity index (χ0v) is 15.7. The molecule has 2 N–H and O–H groups in total. The first-order valence-corrected chi connectivity index (χ1v) is 9.59. The lowest BCUT2D eigenvalue weighted by Gasteiger charge is -2.07. The monoisotopic (exact) mass is 384 g/mol. The fourth-order valence-electron chi connectivity index (χ4n) is 3.56. The molecule has 1 amide bonds. The topological polar surface area (TPSA) is 80.5 Å². The van der Waals surface area contributed by atoms with Crippen molar-refractivity contribution < 1.29 is 4.79 Å². The summed E-state index contributed by atoms with van der Waals surface area (Å²) in [6, 6.07) is 17.6. The van der Waals surface area contributed by atoms with E-state index in [2.05, 4.69) is 37.2 Å². The SMILES string of the molecule is O=C(Nc1ccc2c(ccn2CCCn2cccn2)c1)c1nc2ccccc2[nH]1. The Kier molecular flexibility index (Phi) is 4.32. The predicted molar refractivity (Wildman–Crippen MR) is 113 cm³/mol. The molecule has 0 radical (unpaired) electrons. The van der Waals surface area contributed by atoms with Crippen molar-refractivity contribution >= 4 is 33.5 Å². The molecule has 144 valence electrons. The fourth-order valence-corrected chi connectivity index (χ4v) is 3.56. The summed E-state index contributed by atoms with van der Waals surface area (Å²) in [6.07, 6.45) is 6.85. The van der Waals surface area contributed by atoms with Crippen LogP contribution in [0.5, 0.6) is 0 Å². The molecule has 2 aromatic carbocycles. The molecule has 7 heteroatoms. The summed E-state index contributed by atoms with van der Waals surface area (Å²) >= 11 is 0. The number of hydrogen-bond acceptors (Lipinski definition) is 3. The smallest absolute Gasteiger partial charge is 0.291 e. The van der Waals surface area contributed by atoms with Gasteiger partial charge in [-0.2, -0.15) is 5.10 Å². The molecular formula is C22H20N6O. The van der Waals surface area contributed by atoms with E-state index in [4.69, 9.17) is 0 Å². The number of rotatable bonds is 6. The number of imidazole rings is 1. The minimum absolute atomic E-state index is 0.251. The van der Waals surface area contributed by atoms with Crippen molar-refractivity contribution in [3.8, 4) is 0 Å². The molecule has 0 saturated carbocycles. The van der Waals surface area contributed by atoms with Gasteiger partial charge >= 0.3 is 0 Å². The zero-order chi connectivity index (χ0) is 19.6. The molecular weight excluding hydrogens is 364 g/mol. The molecule has 7 nitrogen and oxygen atoms in total. The largest absolute Gasteiger partial charge is 0.347 e. The third-order valence-corrected chi connectivity index (χ3v) is 4.98. The molecule has 3 aromatic heterocycles. The van der Waals surface area contributed by atoms with Crippen LogP contribution in [0.2, 0.25) is 0 Å². The van der Waals surface area contributed by atoms with Gasteiger partial charge in [0, 0.05) is 48.3 Å². The van der Waals surface area contributed by atoms with Gasteiger partial charge in [0.25, 0.3) is 5.91 Å². The number of anilines is 1. The average Bonchev–Trinajstić information content (AvgIpc) is 3.47. The number of benzene rings is 2. The highest BCUT2D eigenvalue weighted by Gasteiger charge is 2.12. The Bertz CT molecular complexity index is 1250. The van der Waals surface area contributed by atoms with Crippen molar-refractivity contribution in [1.82, 2.24) is 24.3 Å². The second-order valence-corrected chi connectivity index (χ2v) is 6.96. The molecule has 0 spiro atoms. The quantitative estimate of drug-likeness (QED) is 0.463. The van der Waals surface area contributed by atoms with Crippen LogP contribution in [0.1, 0.15) is 17.0 Å². The number of aryl methyl sites for hydroxylation is 2. The highest BCUT2D eigenvalue weighted by molar-refractivity contribution is 6.04. The van der Waals surface area contributed by atoms with Crippen LogP contribution in [-0.2, 0) is 13.1 Å². The van der Waals surface area contributed by atoms with Gasteiger partial charge in [-0.3, -0.25) is 9.48 Å². The Morgan fingerprint density at radius 1 is 1.03 bits per heavy atom. The third-order valence-electron chi connectivity index (χ3n) is 4.98. The summed E-state index contributed by atoms with van der Waals surface area (Å²) in [5, 5.41) is 8.25. The van der Waals surface area contributed by atoms with E-state index in [0.717, 1.165) is 47.1 Å². The Hall–Kier alpha value is -3.87. The van der Waals surface area contributed by atoms with Gasteiger partial charge < -0.3 is 14.9 Å². The van der Waals surface area contributed by atoms with E-state index in [1.165, 1.54) is 0 Å². The van der Waals surface area contributed by atoms with Gasteiger partial charge in [0.05, 0.1) is 11.0 Å². The predicted octanol–water partition coefficient (Wildman–Crippen LogP) is 4.06. The summed E-state index contributed by atoms with van der Waals surface area (Å²) in [5.74, 6) is 0.0571. The number of carbonyl (C=O) groups is 1. The van der Waals surface area contributed by atoms with Gasteiger partial charge in [0.2, 0.25) is 0 Å². The van der Waals surface area contributed by atoms with E-state index >= 15 is 0 Å². The molecule has 5 aromatic rings. The maximum atomic E-state index is 12.6. The van der Waals surface area contributed by atoms with Gasteiger partial charge in [-0.05, 0) is 48.9 Å². The van der Waals surface area contributed by atoms with E-state index in [0.29, 0.717) is 5.82 Å². The van der Waals surface area contributed by atoms with E-state index in [-0.39, 0.29) is 5.91 Å². The average molecular weight is 384 g/mol. The normalized spacial score (nSPS) is 11.3. The Morgan fingerprint density at radius 3 is 2.83 bits per heavy atom. The molecule has 0 atom stereocenters. The van der Waals surface area contributed by atoms with Crippen molar-refractivity contribution in [2.75, 3.05) is 5.32 Å². The van der Waals surface area contributed by atoms with Crippen LogP contribution in [0.3, 0.4) is 0 Å². The van der Waals surface area contributed by atoms with Crippen LogP contribution < -0.4 is 5.32 Å². The van der Waals surface area contributed by atoms with E-state index in [9.17, 15) is 4.79 Å². The van der Waals surface area contributed by atoms with E-state index in [1.54, 1.807) is 6.20 Å². The molecule has 0 bridgehead atoms. The highest BCUT2D eigenvalue weighted by atomic mass is 16.2. The number of amides is 1. The van der Waals surface area contributed by atoms with Gasteiger partial charge in [0.15, 0.2) is 5.82 Å². The number of aromatic amines is 1. The van der Waals surface area contributed by atoms with Crippen molar-refractivity contribution in [3.63, 3.8) is 0 Å². The molecule has 0 aliphatic carbocycles. The number of nitrogens with zero attached hydrogens (tertiary/aromatic N) is 4. The Morgan fingerprint density at radius 2 is 1.97 bits per heavy atom. The van der Waals surface area contributed by atoms with Gasteiger partial charge in [-0.1, -0.05) is 12.1 Å². The van der Waals surface area contributed by atoms with Gasteiger partial charge in [-0.25, -0.2) is 4.98 Å². The molecule has 0 unspecified atom stereocenters. The lowest BCUT2D eigenvalue weighted by molar-refractivity contribution is 0.101. The summed E-state index contributed by atoms with van der Waals surface area (Å²) < 4.78 is 4.17. The van der Waals surface area contributed by atoms with Crippen LogP contribution >= 0.6 is 0 Å². The standard InChI is InChI=1S/C22H20N6O/c29-22(21-25-18-5-1-2-6-19(18)26-21)24-17-7-8-20-16(15-17)9-14-27(20)11-4-13-28-12-3-10-23-28/h1-3,5-10,12,14-15H,4,11,13H2,(H,24,29)(H,25,26). The summed E-state index contributed by atoms with van der Waals surface area (Å²) in [4.78, 5) is 20.0. The molecule has 3 heterocycles. The molecule has 5 rings (SSSR count). The number of carbonyl (C=O) groups excluding carboxylic acids is 1. The zero-order valence-electron chi connectivity index (χ0n) is 15.7. The van der Waals surface area contributed by atoms with Gasteiger partial charge in [0.1, 0.15) is 0 Å². The second kappa shape index (κ2) is 7.27. The molecule has 0 aliphatic rings. The maximum absolute atomic E-state index is 12.6. The highest BCUT2D eigenvalue weighted by Crippen LogP contribution is 2.21. The van der Waals surface area contributed by atoms with Crippen LogP contribution in [-0.4, -0.2) is 30.2 Å². The van der Waals surface area contributed by atoms with Crippen molar-refractivity contribution in [2.45, 2.75) is 19.5 Å². The number of nitrogens with one attached hydrogen (secondary N) is 2. The Balaban J connectivity index is 1.29. The number of aromatic nitrogens is 5. The van der Waals surface area contributed by atoms with Crippen LogP contribution in [0, 0.1) is 0 Å². The first kappa shape index (κ1) is 17.2. The number of fused-ring (bicyclic) bond motifs is 2. The van der Waals surface area contributed by atoms with Crippen LogP contribution in [0.15, 0.2) is 73.2 Å². The van der Waals surface area contributed by atoms with Crippen molar-refractivity contribution in [2.24, 2.45) is 0 Å². The summed E-state index contributed by atoms with van der Waals surface area (Å²) in [6.45, 7) is 1.80. The third kappa shape index (κ3) is 3.50. The summed E-state index contributed by atoms with van der Waals surface area (Å²) in [7, 11) is 0. The van der Waals surface area contributed by atoms with Crippen LogP contribution in [0.25, 0.3) is 21.9 Å². The number of para-hydroxylation sites is 2. The lowest BCUT2D eigenvalue weighted by Crippen LogP contribution is -2.13. The first-order valence-electron chi connectivity index (χ1n) is 9.59. The second-order valence-electron chi connectivity index (χ2n) is 6.96. The van der Waals surface area contributed by atoms with Crippen molar-refractivity contribution in [3.05, 3.63) is 79.0 Å². The summed E-state index contributed by atoms with van der Waals surface area (Å²) in [5.41, 5.74) is 3.52. The molecule has 29 heavy (non-hydrogen) atoms. The lowest BCUT2D eigenvalue weighted by atomic mass is 10.2. The van der Waals surface area contributed by atoms with Crippen molar-refractivity contribution in [1.29, 1.82) is 0 Å². The minimum atomic E-state index is -0.251. The van der Waals surface area contributed by atoms with Gasteiger partial charge in [-0.15, -0.1) is 0 Å². The van der Waals surface area contributed by atoms with Crippen LogP contribution in [0.4, 0.5) is 5.69 Å². The maximum Gasteiger partial charge on any atom is 0.291 e. The van der Waals surface area contributed by atoms with E-state index in [1.807, 2.05) is 59.4 Å². The Labute approximate surface area is 167 Å². The number of hydrogen-bond donors (Lipinski definition) is 2. The van der Waals surface area contributed by atoms with E-state index < -0.39 is 0 Å². The fraction of sp³-hybridized carbons (Fsp3) is 0.136. The molecule has 0 saturated heterocycles. The molecule has 0 aliphatic heterocycles. The number of H-pyrrole nitrogens is 1.